The Hall–Kier alpha value is -2.18. The van der Waals surface area contributed by atoms with E-state index in [1.807, 2.05) is 55.6 Å². The van der Waals surface area contributed by atoms with Crippen LogP contribution in [0.3, 0.4) is 0 Å². The first kappa shape index (κ1) is 14.4. The van der Waals surface area contributed by atoms with E-state index in [0.717, 1.165) is 38.0 Å². The van der Waals surface area contributed by atoms with Gasteiger partial charge in [0.15, 0.2) is 10.8 Å². The number of para-hydroxylation sites is 1. The van der Waals surface area contributed by atoms with Crippen molar-refractivity contribution in [1.29, 1.82) is 0 Å². The maximum Gasteiger partial charge on any atom is 0.187 e. The van der Waals surface area contributed by atoms with Crippen LogP contribution in [0.25, 0.3) is 17.0 Å². The van der Waals surface area contributed by atoms with Gasteiger partial charge in [-0.1, -0.05) is 18.2 Å². The van der Waals surface area contributed by atoms with Gasteiger partial charge in [0, 0.05) is 17.3 Å². The summed E-state index contributed by atoms with van der Waals surface area (Å²) in [5.74, 6) is 0. The maximum atomic E-state index is 4.72. The number of aromatic nitrogens is 3. The highest BCUT2D eigenvalue weighted by Crippen LogP contribution is 2.31. The zero-order valence-electron chi connectivity index (χ0n) is 12.3. The highest BCUT2D eigenvalue weighted by Gasteiger charge is 2.15. The van der Waals surface area contributed by atoms with Crippen molar-refractivity contribution in [3.8, 4) is 11.4 Å². The molecule has 4 rings (SSSR count). The third-order valence-electron chi connectivity index (χ3n) is 3.55. The lowest BCUT2D eigenvalue weighted by molar-refractivity contribution is 1.17. The zero-order chi connectivity index (χ0) is 15.8. The van der Waals surface area contributed by atoms with E-state index in [1.54, 1.807) is 11.3 Å². The SMILES string of the molecule is Cc1nc2c(Br)cccn2c1-c1csc(Nc2ccccc2)n1. The van der Waals surface area contributed by atoms with Crippen LogP contribution in [0.1, 0.15) is 5.69 Å². The second-order valence-corrected chi connectivity index (χ2v) is 6.84. The number of nitrogens with one attached hydrogen (secondary N) is 1. The lowest BCUT2D eigenvalue weighted by Gasteiger charge is -2.02. The zero-order valence-corrected chi connectivity index (χ0v) is 14.7. The fourth-order valence-corrected chi connectivity index (χ4v) is 3.69. The molecule has 0 saturated carbocycles. The fraction of sp³-hybridized carbons (Fsp3) is 0.0588. The first-order valence-electron chi connectivity index (χ1n) is 7.13. The van der Waals surface area contributed by atoms with Crippen molar-refractivity contribution in [2.75, 3.05) is 5.32 Å². The average Bonchev–Trinajstić information content (AvgIpc) is 3.13. The predicted octanol–water partition coefficient (Wildman–Crippen LogP) is 5.27. The summed E-state index contributed by atoms with van der Waals surface area (Å²) in [6.45, 7) is 2.01. The summed E-state index contributed by atoms with van der Waals surface area (Å²) in [5, 5.41) is 6.26. The number of pyridine rings is 1. The van der Waals surface area contributed by atoms with Crippen LogP contribution in [0.5, 0.6) is 0 Å². The molecule has 23 heavy (non-hydrogen) atoms. The monoisotopic (exact) mass is 384 g/mol. The van der Waals surface area contributed by atoms with Crippen molar-refractivity contribution >= 4 is 43.7 Å². The molecule has 0 aliphatic heterocycles. The highest BCUT2D eigenvalue weighted by molar-refractivity contribution is 9.10. The largest absolute Gasteiger partial charge is 0.332 e. The summed E-state index contributed by atoms with van der Waals surface area (Å²) < 4.78 is 3.05. The second-order valence-electron chi connectivity index (χ2n) is 5.12. The van der Waals surface area contributed by atoms with Gasteiger partial charge in [0.2, 0.25) is 0 Å². The van der Waals surface area contributed by atoms with Gasteiger partial charge in [0.25, 0.3) is 0 Å². The van der Waals surface area contributed by atoms with Crippen molar-refractivity contribution in [2.45, 2.75) is 6.92 Å². The van der Waals surface area contributed by atoms with E-state index in [2.05, 4.69) is 36.0 Å². The standard InChI is InChI=1S/C17H13BrN4S/c1-11-15(22-9-5-8-13(18)16(22)19-11)14-10-23-17(21-14)20-12-6-3-2-4-7-12/h2-10H,1H3,(H,20,21). The number of aryl methyl sites for hydroxylation is 1. The van der Waals surface area contributed by atoms with E-state index in [1.165, 1.54) is 0 Å². The average molecular weight is 385 g/mol. The normalized spacial score (nSPS) is 11.0. The molecule has 0 aliphatic carbocycles. The summed E-state index contributed by atoms with van der Waals surface area (Å²) in [5.41, 5.74) is 4.86. The molecule has 114 valence electrons. The number of imidazole rings is 1. The minimum absolute atomic E-state index is 0.871. The lowest BCUT2D eigenvalue weighted by Crippen LogP contribution is -1.91. The van der Waals surface area contributed by atoms with Crippen LogP contribution in [-0.2, 0) is 0 Å². The Morgan fingerprint density at radius 1 is 1.09 bits per heavy atom. The molecule has 3 aromatic heterocycles. The number of fused-ring (bicyclic) bond motifs is 1. The highest BCUT2D eigenvalue weighted by atomic mass is 79.9. The molecule has 6 heteroatoms. The smallest absolute Gasteiger partial charge is 0.187 e. The van der Waals surface area contributed by atoms with Crippen molar-refractivity contribution in [1.82, 2.24) is 14.4 Å². The minimum atomic E-state index is 0.871. The van der Waals surface area contributed by atoms with Gasteiger partial charge in [-0.25, -0.2) is 9.97 Å². The third kappa shape index (κ3) is 2.64. The number of nitrogens with zero attached hydrogens (tertiary/aromatic N) is 3. The van der Waals surface area contributed by atoms with Crippen molar-refractivity contribution in [2.24, 2.45) is 0 Å². The van der Waals surface area contributed by atoms with E-state index in [4.69, 9.17) is 4.98 Å². The summed E-state index contributed by atoms with van der Waals surface area (Å²) in [6.07, 6.45) is 2.01. The first-order valence-corrected chi connectivity index (χ1v) is 8.81. The minimum Gasteiger partial charge on any atom is -0.332 e. The molecule has 0 unspecified atom stereocenters. The van der Waals surface area contributed by atoms with E-state index < -0.39 is 0 Å². The van der Waals surface area contributed by atoms with Gasteiger partial charge in [-0.05, 0) is 47.1 Å². The Labute approximate surface area is 146 Å². The lowest BCUT2D eigenvalue weighted by atomic mass is 10.3. The van der Waals surface area contributed by atoms with Crippen LogP contribution in [0.4, 0.5) is 10.8 Å². The first-order chi connectivity index (χ1) is 11.2. The van der Waals surface area contributed by atoms with Gasteiger partial charge < -0.3 is 5.32 Å². The molecule has 4 nitrogen and oxygen atoms in total. The molecule has 0 amide bonds. The number of halogens is 1. The van der Waals surface area contributed by atoms with E-state index in [-0.39, 0.29) is 0 Å². The number of hydrogen-bond acceptors (Lipinski definition) is 4. The Morgan fingerprint density at radius 2 is 1.91 bits per heavy atom. The molecule has 0 spiro atoms. The molecule has 0 aliphatic rings. The van der Waals surface area contributed by atoms with Gasteiger partial charge in [0.1, 0.15) is 5.69 Å². The van der Waals surface area contributed by atoms with Crippen molar-refractivity contribution < 1.29 is 0 Å². The number of anilines is 2. The summed E-state index contributed by atoms with van der Waals surface area (Å²) >= 11 is 5.14. The van der Waals surface area contributed by atoms with Crippen molar-refractivity contribution in [3.05, 3.63) is 64.2 Å². The van der Waals surface area contributed by atoms with Crippen LogP contribution < -0.4 is 5.32 Å². The Morgan fingerprint density at radius 3 is 2.74 bits per heavy atom. The molecule has 0 atom stereocenters. The molecule has 1 N–H and O–H groups in total. The van der Waals surface area contributed by atoms with Gasteiger partial charge in [-0.15, -0.1) is 11.3 Å². The molecular weight excluding hydrogens is 372 g/mol. The molecule has 0 bridgehead atoms. The molecule has 1 aromatic carbocycles. The molecule has 0 radical (unpaired) electrons. The van der Waals surface area contributed by atoms with Crippen molar-refractivity contribution in [3.63, 3.8) is 0 Å². The Kier molecular flexibility index (Phi) is 3.63. The maximum absolute atomic E-state index is 4.72. The van der Waals surface area contributed by atoms with Crippen LogP contribution >= 0.6 is 27.3 Å². The molecule has 0 saturated heterocycles. The predicted molar refractivity (Wildman–Crippen MR) is 98.5 cm³/mol. The third-order valence-corrected chi connectivity index (χ3v) is 4.93. The molecular formula is C17H13BrN4S. The van der Waals surface area contributed by atoms with E-state index >= 15 is 0 Å². The number of hydrogen-bond donors (Lipinski definition) is 1. The van der Waals surface area contributed by atoms with Crippen LogP contribution in [-0.4, -0.2) is 14.4 Å². The van der Waals surface area contributed by atoms with E-state index in [0.29, 0.717) is 0 Å². The van der Waals surface area contributed by atoms with Crippen LogP contribution in [0.2, 0.25) is 0 Å². The molecule has 0 fully saturated rings. The number of benzene rings is 1. The Balaban J connectivity index is 1.75. The fourth-order valence-electron chi connectivity index (χ4n) is 2.54. The number of thiazole rings is 1. The van der Waals surface area contributed by atoms with Gasteiger partial charge in [-0.3, -0.25) is 4.40 Å². The number of rotatable bonds is 3. The van der Waals surface area contributed by atoms with Crippen LogP contribution in [0, 0.1) is 6.92 Å². The quantitative estimate of drug-likeness (QED) is 0.522. The van der Waals surface area contributed by atoms with E-state index in [9.17, 15) is 0 Å². The summed E-state index contributed by atoms with van der Waals surface area (Å²) in [6, 6.07) is 14.0. The van der Waals surface area contributed by atoms with Gasteiger partial charge in [-0.2, -0.15) is 0 Å². The Bertz CT molecular complexity index is 975. The topological polar surface area (TPSA) is 42.2 Å². The molecule has 3 heterocycles. The van der Waals surface area contributed by atoms with Crippen LogP contribution in [0.15, 0.2) is 58.5 Å². The second kappa shape index (κ2) is 5.79. The van der Waals surface area contributed by atoms with Gasteiger partial charge in [0.05, 0.1) is 15.9 Å². The molecule has 4 aromatic rings. The summed E-state index contributed by atoms with van der Waals surface area (Å²) in [7, 11) is 0. The summed E-state index contributed by atoms with van der Waals surface area (Å²) in [4.78, 5) is 9.36. The van der Waals surface area contributed by atoms with Gasteiger partial charge >= 0.3 is 0 Å².